The normalized spacial score (nSPS) is 10.5. The molecule has 70 valence electrons. The first-order chi connectivity index (χ1) is 6.04. The molecule has 0 spiro atoms. The Bertz CT molecular complexity index is 329. The molecule has 0 unspecified atom stereocenters. The molecule has 1 aromatic carbocycles. The van der Waals surface area contributed by atoms with Gasteiger partial charge in [-0.3, -0.25) is 0 Å². The van der Waals surface area contributed by atoms with Crippen molar-refractivity contribution < 1.29 is 13.2 Å². The standard InChI is InChI=1S/C10H9F3/c1-6(2)7-4-3-5-8(9(7)11)10(12)13/h3-5,10H,1H2,2H3. The largest absolute Gasteiger partial charge is 0.266 e. The Morgan fingerprint density at radius 1 is 1.38 bits per heavy atom. The topological polar surface area (TPSA) is 0 Å². The summed E-state index contributed by atoms with van der Waals surface area (Å²) < 4.78 is 37.6. The Morgan fingerprint density at radius 3 is 2.46 bits per heavy atom. The number of rotatable bonds is 2. The second-order valence-electron chi connectivity index (χ2n) is 2.79. The van der Waals surface area contributed by atoms with Crippen molar-refractivity contribution in [1.82, 2.24) is 0 Å². The lowest BCUT2D eigenvalue weighted by atomic mass is 10.0. The molecule has 0 heterocycles. The Morgan fingerprint density at radius 2 is 2.00 bits per heavy atom. The van der Waals surface area contributed by atoms with Crippen LogP contribution in [0.15, 0.2) is 24.8 Å². The first-order valence-corrected chi connectivity index (χ1v) is 3.76. The van der Waals surface area contributed by atoms with Gasteiger partial charge in [0.2, 0.25) is 0 Å². The number of benzene rings is 1. The van der Waals surface area contributed by atoms with Gasteiger partial charge in [-0.25, -0.2) is 13.2 Å². The van der Waals surface area contributed by atoms with Crippen molar-refractivity contribution in [2.45, 2.75) is 13.3 Å². The molecule has 0 aliphatic rings. The van der Waals surface area contributed by atoms with E-state index in [0.717, 1.165) is 6.07 Å². The minimum Gasteiger partial charge on any atom is -0.206 e. The van der Waals surface area contributed by atoms with Crippen LogP contribution in [0.1, 0.15) is 24.5 Å². The van der Waals surface area contributed by atoms with Crippen LogP contribution in [-0.2, 0) is 0 Å². The van der Waals surface area contributed by atoms with E-state index in [1.807, 2.05) is 0 Å². The molecule has 0 fully saturated rings. The minimum absolute atomic E-state index is 0.151. The van der Waals surface area contributed by atoms with Crippen LogP contribution in [0.4, 0.5) is 13.2 Å². The van der Waals surface area contributed by atoms with Crippen LogP contribution in [0, 0.1) is 5.82 Å². The monoisotopic (exact) mass is 186 g/mol. The molecule has 0 aliphatic carbocycles. The summed E-state index contributed by atoms with van der Waals surface area (Å²) in [7, 11) is 0. The Labute approximate surface area is 74.7 Å². The molecule has 3 heteroatoms. The zero-order valence-electron chi connectivity index (χ0n) is 7.15. The zero-order valence-corrected chi connectivity index (χ0v) is 7.15. The first kappa shape index (κ1) is 9.84. The molecule has 1 rings (SSSR count). The average molecular weight is 186 g/mol. The Hall–Kier alpha value is -1.25. The van der Waals surface area contributed by atoms with Gasteiger partial charge in [-0.05, 0) is 12.5 Å². The number of hydrogen-bond acceptors (Lipinski definition) is 0. The van der Waals surface area contributed by atoms with Crippen LogP contribution >= 0.6 is 0 Å². The SMILES string of the molecule is C=C(C)c1cccc(C(F)F)c1F. The van der Waals surface area contributed by atoms with E-state index >= 15 is 0 Å². The highest BCUT2D eigenvalue weighted by Crippen LogP contribution is 2.26. The second-order valence-corrected chi connectivity index (χ2v) is 2.79. The van der Waals surface area contributed by atoms with Crippen molar-refractivity contribution in [3.05, 3.63) is 41.7 Å². The molecule has 13 heavy (non-hydrogen) atoms. The molecule has 0 saturated heterocycles. The van der Waals surface area contributed by atoms with Crippen molar-refractivity contribution in [3.63, 3.8) is 0 Å². The number of allylic oxidation sites excluding steroid dienone is 1. The molecule has 0 nitrogen and oxygen atoms in total. The Balaban J connectivity index is 3.26. The fourth-order valence-electron chi connectivity index (χ4n) is 1.05. The molecule has 0 amide bonds. The molecule has 0 aromatic heterocycles. The first-order valence-electron chi connectivity index (χ1n) is 3.76. The van der Waals surface area contributed by atoms with Crippen LogP contribution in [0.25, 0.3) is 5.57 Å². The van der Waals surface area contributed by atoms with Gasteiger partial charge in [0.25, 0.3) is 6.43 Å². The van der Waals surface area contributed by atoms with Gasteiger partial charge in [-0.15, -0.1) is 0 Å². The van der Waals surface area contributed by atoms with E-state index in [4.69, 9.17) is 0 Å². The van der Waals surface area contributed by atoms with E-state index < -0.39 is 17.8 Å². The molecular weight excluding hydrogens is 177 g/mol. The van der Waals surface area contributed by atoms with Crippen LogP contribution in [0.3, 0.4) is 0 Å². The highest BCUT2D eigenvalue weighted by molar-refractivity contribution is 5.62. The highest BCUT2D eigenvalue weighted by Gasteiger charge is 2.15. The predicted molar refractivity (Wildman–Crippen MR) is 46.1 cm³/mol. The van der Waals surface area contributed by atoms with Crippen LogP contribution in [-0.4, -0.2) is 0 Å². The maximum Gasteiger partial charge on any atom is 0.266 e. The average Bonchev–Trinajstić information content (AvgIpc) is 2.03. The van der Waals surface area contributed by atoms with Crippen molar-refractivity contribution in [3.8, 4) is 0 Å². The van der Waals surface area contributed by atoms with Gasteiger partial charge in [0.15, 0.2) is 0 Å². The van der Waals surface area contributed by atoms with E-state index in [2.05, 4.69) is 6.58 Å². The lowest BCUT2D eigenvalue weighted by Gasteiger charge is -2.06. The van der Waals surface area contributed by atoms with Crippen molar-refractivity contribution >= 4 is 5.57 Å². The third-order valence-electron chi connectivity index (χ3n) is 1.72. The highest BCUT2D eigenvalue weighted by atomic mass is 19.3. The van der Waals surface area contributed by atoms with Crippen molar-refractivity contribution in [1.29, 1.82) is 0 Å². The maximum absolute atomic E-state index is 13.2. The molecule has 0 radical (unpaired) electrons. The van der Waals surface area contributed by atoms with E-state index in [-0.39, 0.29) is 5.56 Å². The third kappa shape index (κ3) is 1.91. The molecule has 0 N–H and O–H groups in total. The second kappa shape index (κ2) is 3.64. The van der Waals surface area contributed by atoms with Crippen LogP contribution < -0.4 is 0 Å². The van der Waals surface area contributed by atoms with E-state index in [1.165, 1.54) is 12.1 Å². The quantitative estimate of drug-likeness (QED) is 0.659. The number of alkyl halides is 2. The summed E-state index contributed by atoms with van der Waals surface area (Å²) in [5, 5.41) is 0. The Kier molecular flexibility index (Phi) is 2.76. The van der Waals surface area contributed by atoms with Gasteiger partial charge in [-0.2, -0.15) is 0 Å². The van der Waals surface area contributed by atoms with Crippen molar-refractivity contribution in [2.75, 3.05) is 0 Å². The molecule has 1 aromatic rings. The number of halogens is 3. The van der Waals surface area contributed by atoms with Gasteiger partial charge in [0.1, 0.15) is 5.82 Å². The van der Waals surface area contributed by atoms with Gasteiger partial charge < -0.3 is 0 Å². The fourth-order valence-corrected chi connectivity index (χ4v) is 1.05. The summed E-state index contributed by atoms with van der Waals surface area (Å²) in [6.45, 7) is 5.08. The molecule has 0 bridgehead atoms. The fraction of sp³-hybridized carbons (Fsp3) is 0.200. The lowest BCUT2D eigenvalue weighted by Crippen LogP contribution is -1.94. The summed E-state index contributed by atoms with van der Waals surface area (Å²) in [5.41, 5.74) is 0.0262. The summed E-state index contributed by atoms with van der Waals surface area (Å²) >= 11 is 0. The van der Waals surface area contributed by atoms with Crippen LogP contribution in [0.5, 0.6) is 0 Å². The van der Waals surface area contributed by atoms with E-state index in [1.54, 1.807) is 6.92 Å². The molecule has 0 aliphatic heterocycles. The maximum atomic E-state index is 13.2. The minimum atomic E-state index is -2.78. The molecular formula is C10H9F3. The zero-order chi connectivity index (χ0) is 10.0. The summed E-state index contributed by atoms with van der Waals surface area (Å²) in [4.78, 5) is 0. The van der Waals surface area contributed by atoms with E-state index in [0.29, 0.717) is 5.57 Å². The van der Waals surface area contributed by atoms with Gasteiger partial charge >= 0.3 is 0 Å². The molecule has 0 atom stereocenters. The summed E-state index contributed by atoms with van der Waals surface area (Å²) in [6, 6.07) is 3.91. The van der Waals surface area contributed by atoms with Gasteiger partial charge in [-0.1, -0.05) is 24.8 Å². The molecule has 0 saturated carbocycles. The summed E-state index contributed by atoms with van der Waals surface area (Å²) in [5.74, 6) is -0.870. The van der Waals surface area contributed by atoms with Crippen LogP contribution in [0.2, 0.25) is 0 Å². The van der Waals surface area contributed by atoms with Gasteiger partial charge in [0.05, 0.1) is 5.56 Å². The smallest absolute Gasteiger partial charge is 0.206 e. The third-order valence-corrected chi connectivity index (χ3v) is 1.72. The number of hydrogen-bond donors (Lipinski definition) is 0. The lowest BCUT2D eigenvalue weighted by molar-refractivity contribution is 0.146. The predicted octanol–water partition coefficient (Wildman–Crippen LogP) is 3.80. The summed E-state index contributed by atoms with van der Waals surface area (Å²) in [6.07, 6.45) is -2.78. The van der Waals surface area contributed by atoms with Crippen molar-refractivity contribution in [2.24, 2.45) is 0 Å². The van der Waals surface area contributed by atoms with E-state index in [9.17, 15) is 13.2 Å². The van der Waals surface area contributed by atoms with Gasteiger partial charge in [0, 0.05) is 5.56 Å².